The molecule has 2 amide bonds. The first-order valence-electron chi connectivity index (χ1n) is 9.19. The Kier molecular flexibility index (Phi) is 6.04. The van der Waals surface area contributed by atoms with E-state index in [-0.39, 0.29) is 18.2 Å². The quantitative estimate of drug-likeness (QED) is 0.800. The number of carbonyl (C=O) groups excluding carboxylic acids is 2. The molecule has 1 fully saturated rings. The molecule has 0 radical (unpaired) electrons. The van der Waals surface area contributed by atoms with Gasteiger partial charge in [-0.3, -0.25) is 9.59 Å². The molecule has 0 spiro atoms. The second kappa shape index (κ2) is 8.65. The van der Waals surface area contributed by atoms with E-state index in [0.29, 0.717) is 36.4 Å². The van der Waals surface area contributed by atoms with Crippen molar-refractivity contribution in [2.75, 3.05) is 6.54 Å². The zero-order valence-electron chi connectivity index (χ0n) is 15.1. The van der Waals surface area contributed by atoms with Gasteiger partial charge in [-0.2, -0.15) is 0 Å². The highest BCUT2D eigenvalue weighted by Crippen LogP contribution is 2.21. The predicted octanol–water partition coefficient (Wildman–Crippen LogP) is 2.76. The van der Waals surface area contributed by atoms with Crippen LogP contribution in [-0.4, -0.2) is 29.4 Å². The molecule has 0 unspecified atom stereocenters. The van der Waals surface area contributed by atoms with Crippen LogP contribution in [0.5, 0.6) is 0 Å². The number of hydrogen-bond donors (Lipinski definition) is 2. The molecule has 0 atom stereocenters. The third-order valence-electron chi connectivity index (χ3n) is 4.64. The molecule has 0 saturated heterocycles. The van der Waals surface area contributed by atoms with E-state index >= 15 is 0 Å². The molecule has 0 bridgehead atoms. The van der Waals surface area contributed by atoms with E-state index < -0.39 is 0 Å². The van der Waals surface area contributed by atoms with Crippen LogP contribution >= 0.6 is 0 Å². The molecule has 138 valence electrons. The van der Waals surface area contributed by atoms with Crippen LogP contribution in [0.25, 0.3) is 11.5 Å². The first-order chi connectivity index (χ1) is 12.6. The van der Waals surface area contributed by atoms with Crippen LogP contribution in [0.3, 0.4) is 0 Å². The standard InChI is InChI=1S/C20H25N3O3/c1-14-17(23-20(26-14)15-7-3-2-4-8-15)13-19(25)21-12-11-18(24)22-16-9-5-6-10-16/h2-4,7-8,16H,5-6,9-13H2,1H3,(H,21,25)(H,22,24). The lowest BCUT2D eigenvalue weighted by atomic mass is 10.2. The van der Waals surface area contributed by atoms with Crippen LogP contribution in [0, 0.1) is 6.92 Å². The normalized spacial score (nSPS) is 14.3. The van der Waals surface area contributed by atoms with Crippen LogP contribution in [0.1, 0.15) is 43.6 Å². The number of aromatic nitrogens is 1. The number of carbonyl (C=O) groups is 2. The first kappa shape index (κ1) is 18.2. The summed E-state index contributed by atoms with van der Waals surface area (Å²) in [7, 11) is 0. The Balaban J connectivity index is 1.44. The molecule has 1 aliphatic carbocycles. The van der Waals surface area contributed by atoms with Gasteiger partial charge in [-0.25, -0.2) is 4.98 Å². The Bertz CT molecular complexity index is 749. The van der Waals surface area contributed by atoms with Gasteiger partial charge in [0.15, 0.2) is 0 Å². The van der Waals surface area contributed by atoms with Crippen molar-refractivity contribution < 1.29 is 14.0 Å². The highest BCUT2D eigenvalue weighted by atomic mass is 16.4. The van der Waals surface area contributed by atoms with Gasteiger partial charge in [-0.15, -0.1) is 0 Å². The minimum Gasteiger partial charge on any atom is -0.441 e. The second-order valence-electron chi connectivity index (χ2n) is 6.71. The molecular weight excluding hydrogens is 330 g/mol. The maximum Gasteiger partial charge on any atom is 0.226 e. The van der Waals surface area contributed by atoms with Gasteiger partial charge in [-0.05, 0) is 31.9 Å². The maximum absolute atomic E-state index is 12.1. The number of oxazole rings is 1. The molecule has 2 aromatic rings. The summed E-state index contributed by atoms with van der Waals surface area (Å²) in [5.74, 6) is 0.996. The van der Waals surface area contributed by atoms with Crippen LogP contribution in [0.2, 0.25) is 0 Å². The van der Waals surface area contributed by atoms with Gasteiger partial charge in [0.1, 0.15) is 5.76 Å². The number of aryl methyl sites for hydroxylation is 1. The smallest absolute Gasteiger partial charge is 0.226 e. The average Bonchev–Trinajstić information content (AvgIpc) is 3.26. The number of rotatable bonds is 7. The fourth-order valence-electron chi connectivity index (χ4n) is 3.20. The second-order valence-corrected chi connectivity index (χ2v) is 6.71. The van der Waals surface area contributed by atoms with E-state index in [4.69, 9.17) is 4.42 Å². The van der Waals surface area contributed by atoms with Crippen molar-refractivity contribution in [2.45, 2.75) is 51.5 Å². The van der Waals surface area contributed by atoms with E-state index in [1.807, 2.05) is 30.3 Å². The summed E-state index contributed by atoms with van der Waals surface area (Å²) in [6.45, 7) is 2.14. The van der Waals surface area contributed by atoms with E-state index in [1.54, 1.807) is 6.92 Å². The van der Waals surface area contributed by atoms with E-state index in [9.17, 15) is 9.59 Å². The Morgan fingerprint density at radius 3 is 2.62 bits per heavy atom. The maximum atomic E-state index is 12.1. The van der Waals surface area contributed by atoms with Crippen molar-refractivity contribution in [3.63, 3.8) is 0 Å². The molecule has 6 heteroatoms. The molecule has 6 nitrogen and oxygen atoms in total. The zero-order valence-corrected chi connectivity index (χ0v) is 15.1. The van der Waals surface area contributed by atoms with Crippen LogP contribution in [0.4, 0.5) is 0 Å². The molecule has 0 aliphatic heterocycles. The predicted molar refractivity (Wildman–Crippen MR) is 98.4 cm³/mol. The van der Waals surface area contributed by atoms with E-state index in [0.717, 1.165) is 18.4 Å². The van der Waals surface area contributed by atoms with Crippen molar-refractivity contribution in [2.24, 2.45) is 0 Å². The van der Waals surface area contributed by atoms with Crippen molar-refractivity contribution in [1.82, 2.24) is 15.6 Å². The SMILES string of the molecule is Cc1oc(-c2ccccc2)nc1CC(=O)NCCC(=O)NC1CCCC1. The Morgan fingerprint density at radius 2 is 1.88 bits per heavy atom. The average molecular weight is 355 g/mol. The van der Waals surface area contributed by atoms with E-state index in [1.165, 1.54) is 12.8 Å². The van der Waals surface area contributed by atoms with Gasteiger partial charge in [0.05, 0.1) is 12.1 Å². The topological polar surface area (TPSA) is 84.2 Å². The third kappa shape index (κ3) is 4.94. The summed E-state index contributed by atoms with van der Waals surface area (Å²) in [6, 6.07) is 9.90. The van der Waals surface area contributed by atoms with Gasteiger partial charge in [-0.1, -0.05) is 31.0 Å². The minimum absolute atomic E-state index is 0.00109. The van der Waals surface area contributed by atoms with Crippen LogP contribution in [0.15, 0.2) is 34.7 Å². The molecular formula is C20H25N3O3. The van der Waals surface area contributed by atoms with Gasteiger partial charge >= 0.3 is 0 Å². The minimum atomic E-state index is -0.158. The summed E-state index contributed by atoms with van der Waals surface area (Å²) in [6.07, 6.45) is 4.94. The highest BCUT2D eigenvalue weighted by Gasteiger charge is 2.17. The zero-order chi connectivity index (χ0) is 18.4. The van der Waals surface area contributed by atoms with E-state index in [2.05, 4.69) is 15.6 Å². The van der Waals surface area contributed by atoms with Crippen molar-refractivity contribution in [3.8, 4) is 11.5 Å². The Morgan fingerprint density at radius 1 is 1.15 bits per heavy atom. The monoisotopic (exact) mass is 355 g/mol. The van der Waals surface area contributed by atoms with Gasteiger partial charge in [0.2, 0.25) is 17.7 Å². The van der Waals surface area contributed by atoms with Crippen molar-refractivity contribution >= 4 is 11.8 Å². The molecule has 3 rings (SSSR count). The summed E-state index contributed by atoms with van der Waals surface area (Å²) >= 11 is 0. The van der Waals surface area contributed by atoms with Gasteiger partial charge in [0.25, 0.3) is 0 Å². The lowest BCUT2D eigenvalue weighted by Gasteiger charge is -2.11. The molecule has 1 aromatic carbocycles. The molecule has 1 aromatic heterocycles. The summed E-state index contributed by atoms with van der Waals surface area (Å²) < 4.78 is 5.66. The fourth-order valence-corrected chi connectivity index (χ4v) is 3.20. The molecule has 26 heavy (non-hydrogen) atoms. The summed E-state index contributed by atoms with van der Waals surface area (Å²) in [4.78, 5) is 28.4. The summed E-state index contributed by atoms with van der Waals surface area (Å²) in [5, 5.41) is 5.80. The van der Waals surface area contributed by atoms with Crippen LogP contribution < -0.4 is 10.6 Å². The number of nitrogens with one attached hydrogen (secondary N) is 2. The van der Waals surface area contributed by atoms with Crippen LogP contribution in [-0.2, 0) is 16.0 Å². The number of benzene rings is 1. The van der Waals surface area contributed by atoms with Gasteiger partial charge in [0, 0.05) is 24.6 Å². The molecule has 1 saturated carbocycles. The lowest BCUT2D eigenvalue weighted by Crippen LogP contribution is -2.36. The van der Waals surface area contributed by atoms with Crippen molar-refractivity contribution in [3.05, 3.63) is 41.8 Å². The summed E-state index contributed by atoms with van der Waals surface area (Å²) in [5.41, 5.74) is 1.50. The fraction of sp³-hybridized carbons (Fsp3) is 0.450. The highest BCUT2D eigenvalue weighted by molar-refractivity contribution is 5.80. The molecule has 1 aliphatic rings. The Hall–Kier alpha value is -2.63. The Labute approximate surface area is 153 Å². The molecule has 1 heterocycles. The third-order valence-corrected chi connectivity index (χ3v) is 4.64. The number of hydrogen-bond acceptors (Lipinski definition) is 4. The molecule has 2 N–H and O–H groups in total. The number of amides is 2. The largest absolute Gasteiger partial charge is 0.441 e. The number of nitrogens with zero attached hydrogens (tertiary/aromatic N) is 1. The lowest BCUT2D eigenvalue weighted by molar-refractivity contribution is -0.122. The van der Waals surface area contributed by atoms with Crippen molar-refractivity contribution in [1.29, 1.82) is 0 Å². The first-order valence-corrected chi connectivity index (χ1v) is 9.19. The van der Waals surface area contributed by atoms with Gasteiger partial charge < -0.3 is 15.1 Å².